The molecule has 0 aliphatic carbocycles. The van der Waals surface area contributed by atoms with Gasteiger partial charge in [-0.05, 0) is 48.1 Å². The first-order valence-corrected chi connectivity index (χ1v) is 7.22. The number of dihydropyridines is 1. The van der Waals surface area contributed by atoms with Gasteiger partial charge in [0.05, 0.1) is 5.56 Å². The summed E-state index contributed by atoms with van der Waals surface area (Å²) in [4.78, 5) is 0. The average Bonchev–Trinajstić information content (AvgIpc) is 2.55. The molecule has 3 rings (SSSR count). The molecule has 122 valence electrons. The van der Waals surface area contributed by atoms with Crippen molar-refractivity contribution < 1.29 is 17.9 Å². The molecule has 5 heteroatoms. The number of ether oxygens (including phenoxy) is 1. The number of allylic oxidation sites excluding steroid dienone is 3. The van der Waals surface area contributed by atoms with Crippen molar-refractivity contribution in [3.63, 3.8) is 0 Å². The van der Waals surface area contributed by atoms with Crippen LogP contribution in [0, 0.1) is 0 Å². The minimum absolute atomic E-state index is 0.347. The molecule has 0 saturated carbocycles. The summed E-state index contributed by atoms with van der Waals surface area (Å²) in [5.41, 5.74) is 0.815. The van der Waals surface area contributed by atoms with Gasteiger partial charge in [0.2, 0.25) is 0 Å². The molecular formula is C19H14F3NO. The zero-order valence-electron chi connectivity index (χ0n) is 12.6. The highest BCUT2D eigenvalue weighted by Crippen LogP contribution is 2.37. The standard InChI is InChI=1S/C19H14F3NO/c1-13-11-14(9-10-23-13)17-12-15(19(20,21)22)7-8-18(17)24-16-5-3-2-4-6-16/h2-12,23H,1H2. The maximum absolute atomic E-state index is 13.1. The Bertz CT molecular complexity index is 820. The van der Waals surface area contributed by atoms with Crippen LogP contribution in [0.4, 0.5) is 13.2 Å². The van der Waals surface area contributed by atoms with Crippen LogP contribution in [-0.4, -0.2) is 0 Å². The first-order chi connectivity index (χ1) is 11.4. The van der Waals surface area contributed by atoms with E-state index in [1.165, 1.54) is 6.07 Å². The van der Waals surface area contributed by atoms with Gasteiger partial charge in [0, 0.05) is 17.5 Å². The molecule has 24 heavy (non-hydrogen) atoms. The molecular weight excluding hydrogens is 315 g/mol. The van der Waals surface area contributed by atoms with E-state index >= 15 is 0 Å². The Morgan fingerprint density at radius 2 is 1.75 bits per heavy atom. The maximum atomic E-state index is 13.1. The van der Waals surface area contributed by atoms with Crippen molar-refractivity contribution in [3.05, 3.63) is 90.3 Å². The fourth-order valence-electron chi connectivity index (χ4n) is 2.32. The Balaban J connectivity index is 2.07. The highest BCUT2D eigenvalue weighted by molar-refractivity contribution is 5.81. The number of hydrogen-bond donors (Lipinski definition) is 1. The monoisotopic (exact) mass is 329 g/mol. The predicted octanol–water partition coefficient (Wildman–Crippen LogP) is 5.51. The minimum Gasteiger partial charge on any atom is -0.457 e. The van der Waals surface area contributed by atoms with Gasteiger partial charge in [-0.3, -0.25) is 0 Å². The lowest BCUT2D eigenvalue weighted by Crippen LogP contribution is -2.08. The highest BCUT2D eigenvalue weighted by Gasteiger charge is 2.31. The lowest BCUT2D eigenvalue weighted by Gasteiger charge is -2.17. The lowest BCUT2D eigenvalue weighted by atomic mass is 9.99. The third-order valence-corrected chi connectivity index (χ3v) is 3.45. The molecule has 0 radical (unpaired) electrons. The Morgan fingerprint density at radius 3 is 2.42 bits per heavy atom. The number of nitrogens with one attached hydrogen (secondary N) is 1. The van der Waals surface area contributed by atoms with E-state index in [1.807, 2.05) is 6.07 Å². The van der Waals surface area contributed by atoms with Crippen LogP contribution in [0.3, 0.4) is 0 Å². The third kappa shape index (κ3) is 3.51. The molecule has 2 aromatic rings. The molecule has 0 saturated heterocycles. The molecule has 0 bridgehead atoms. The van der Waals surface area contributed by atoms with E-state index in [0.29, 0.717) is 28.3 Å². The molecule has 2 aromatic carbocycles. The fourth-order valence-corrected chi connectivity index (χ4v) is 2.32. The molecule has 0 fully saturated rings. The third-order valence-electron chi connectivity index (χ3n) is 3.45. The van der Waals surface area contributed by atoms with E-state index in [0.717, 1.165) is 12.1 Å². The summed E-state index contributed by atoms with van der Waals surface area (Å²) >= 11 is 0. The van der Waals surface area contributed by atoms with E-state index in [4.69, 9.17) is 4.74 Å². The van der Waals surface area contributed by atoms with Gasteiger partial charge in [-0.25, -0.2) is 0 Å². The average molecular weight is 329 g/mol. The summed E-state index contributed by atoms with van der Waals surface area (Å²) < 4.78 is 45.0. The largest absolute Gasteiger partial charge is 0.457 e. The molecule has 1 heterocycles. The smallest absolute Gasteiger partial charge is 0.416 e. The van der Waals surface area contributed by atoms with Crippen LogP contribution in [0.2, 0.25) is 0 Å². The highest BCUT2D eigenvalue weighted by atomic mass is 19.4. The van der Waals surface area contributed by atoms with E-state index in [1.54, 1.807) is 42.6 Å². The minimum atomic E-state index is -4.42. The van der Waals surface area contributed by atoms with Gasteiger partial charge in [0.25, 0.3) is 0 Å². The number of rotatable bonds is 3. The molecule has 0 unspecified atom stereocenters. The van der Waals surface area contributed by atoms with Gasteiger partial charge in [0.1, 0.15) is 11.5 Å². The van der Waals surface area contributed by atoms with Crippen LogP contribution in [0.1, 0.15) is 11.1 Å². The van der Waals surface area contributed by atoms with Crippen LogP contribution in [0.5, 0.6) is 11.5 Å². The Hall–Kier alpha value is -2.95. The van der Waals surface area contributed by atoms with Crippen molar-refractivity contribution in [2.45, 2.75) is 6.18 Å². The quantitative estimate of drug-likeness (QED) is 0.801. The molecule has 1 N–H and O–H groups in total. The van der Waals surface area contributed by atoms with E-state index < -0.39 is 11.7 Å². The molecule has 2 nitrogen and oxygen atoms in total. The van der Waals surface area contributed by atoms with Gasteiger partial charge in [-0.2, -0.15) is 13.2 Å². The summed E-state index contributed by atoms with van der Waals surface area (Å²) in [5.74, 6) is 0.899. The summed E-state index contributed by atoms with van der Waals surface area (Å²) in [6.45, 7) is 3.77. The van der Waals surface area contributed by atoms with Crippen molar-refractivity contribution in [1.29, 1.82) is 0 Å². The number of benzene rings is 2. The predicted molar refractivity (Wildman–Crippen MR) is 87.4 cm³/mol. The van der Waals surface area contributed by atoms with Crippen LogP contribution in [0.15, 0.2) is 79.2 Å². The van der Waals surface area contributed by atoms with E-state index in [-0.39, 0.29) is 0 Å². The number of hydrogen-bond acceptors (Lipinski definition) is 2. The van der Waals surface area contributed by atoms with Gasteiger partial charge in [-0.1, -0.05) is 24.8 Å². The number of para-hydroxylation sites is 1. The molecule has 1 aliphatic rings. The fraction of sp³-hybridized carbons (Fsp3) is 0.0526. The van der Waals surface area contributed by atoms with Crippen LogP contribution in [0.25, 0.3) is 5.57 Å². The molecule has 1 aliphatic heterocycles. The Morgan fingerprint density at radius 1 is 1.00 bits per heavy atom. The van der Waals surface area contributed by atoms with Crippen molar-refractivity contribution in [3.8, 4) is 11.5 Å². The molecule has 0 spiro atoms. The normalized spacial score (nSPS) is 14.1. The van der Waals surface area contributed by atoms with Crippen LogP contribution in [-0.2, 0) is 6.18 Å². The second kappa shape index (κ2) is 6.28. The van der Waals surface area contributed by atoms with Crippen molar-refractivity contribution in [1.82, 2.24) is 5.32 Å². The zero-order valence-corrected chi connectivity index (χ0v) is 12.6. The van der Waals surface area contributed by atoms with Gasteiger partial charge >= 0.3 is 6.18 Å². The van der Waals surface area contributed by atoms with Gasteiger partial charge in [0.15, 0.2) is 0 Å². The summed E-state index contributed by atoms with van der Waals surface area (Å²) in [5, 5.41) is 2.88. The Kier molecular flexibility index (Phi) is 4.16. The topological polar surface area (TPSA) is 21.3 Å². The van der Waals surface area contributed by atoms with E-state index in [2.05, 4.69) is 11.9 Å². The lowest BCUT2D eigenvalue weighted by molar-refractivity contribution is -0.137. The van der Waals surface area contributed by atoms with Gasteiger partial charge < -0.3 is 10.1 Å². The summed E-state index contributed by atoms with van der Waals surface area (Å²) in [6.07, 6.45) is 0.563. The summed E-state index contributed by atoms with van der Waals surface area (Å²) in [6, 6.07) is 12.4. The van der Waals surface area contributed by atoms with Crippen molar-refractivity contribution in [2.75, 3.05) is 0 Å². The molecule has 0 aromatic heterocycles. The molecule has 0 atom stereocenters. The first kappa shape index (κ1) is 15.9. The van der Waals surface area contributed by atoms with Gasteiger partial charge in [-0.15, -0.1) is 0 Å². The number of halogens is 3. The molecule has 0 amide bonds. The maximum Gasteiger partial charge on any atom is 0.416 e. The summed E-state index contributed by atoms with van der Waals surface area (Å²) in [7, 11) is 0. The van der Waals surface area contributed by atoms with Crippen molar-refractivity contribution in [2.24, 2.45) is 0 Å². The second-order valence-electron chi connectivity index (χ2n) is 5.23. The zero-order chi connectivity index (χ0) is 17.2. The van der Waals surface area contributed by atoms with Crippen LogP contribution < -0.4 is 10.1 Å². The SMILES string of the molecule is C=C1C=C(c2cc(C(F)(F)F)ccc2Oc2ccccc2)C=CN1. The van der Waals surface area contributed by atoms with Crippen LogP contribution >= 0.6 is 0 Å². The van der Waals surface area contributed by atoms with E-state index in [9.17, 15) is 13.2 Å². The second-order valence-corrected chi connectivity index (χ2v) is 5.23. The number of alkyl halides is 3. The van der Waals surface area contributed by atoms with Crippen molar-refractivity contribution >= 4 is 5.57 Å². The Labute approximate surface area is 137 Å². The first-order valence-electron chi connectivity index (χ1n) is 7.22.